The Kier molecular flexibility index (Phi) is 8.37. The number of carbonyl (C=O) groups excluding carboxylic acids is 1. The lowest BCUT2D eigenvalue weighted by molar-refractivity contribution is -0.127. The van der Waals surface area contributed by atoms with Crippen molar-refractivity contribution in [2.75, 3.05) is 19.6 Å². The molecule has 3 heterocycles. The highest BCUT2D eigenvalue weighted by Gasteiger charge is 2.27. The van der Waals surface area contributed by atoms with Gasteiger partial charge in [-0.15, -0.1) is 0 Å². The Morgan fingerprint density at radius 2 is 1.77 bits per heavy atom. The predicted octanol–water partition coefficient (Wildman–Crippen LogP) is 5.59. The maximum atomic E-state index is 13.1. The smallest absolute Gasteiger partial charge is 0.241 e. The van der Waals surface area contributed by atoms with Gasteiger partial charge in [0.05, 0.1) is 12.5 Å². The first-order valence-corrected chi connectivity index (χ1v) is 14.8. The normalized spacial score (nSPS) is 17.9. The highest BCUT2D eigenvalue weighted by molar-refractivity contribution is 9.10. The number of benzene rings is 3. The van der Waals surface area contributed by atoms with Gasteiger partial charge in [-0.05, 0) is 72.3 Å². The minimum atomic E-state index is -0.0424. The summed E-state index contributed by atoms with van der Waals surface area (Å²) in [5.41, 5.74) is 6.25. The van der Waals surface area contributed by atoms with Crippen LogP contribution in [0.5, 0.6) is 0 Å². The summed E-state index contributed by atoms with van der Waals surface area (Å²) in [6, 6.07) is 25.2. The van der Waals surface area contributed by atoms with Gasteiger partial charge >= 0.3 is 0 Å². The quantitative estimate of drug-likeness (QED) is 0.285. The van der Waals surface area contributed by atoms with Crippen molar-refractivity contribution >= 4 is 21.8 Å². The number of piperidine rings is 1. The van der Waals surface area contributed by atoms with Crippen LogP contribution in [0, 0.1) is 5.92 Å². The topological polar surface area (TPSA) is 74.5 Å². The lowest BCUT2D eigenvalue weighted by atomic mass is 9.97. The Hall–Kier alpha value is -3.33. The summed E-state index contributed by atoms with van der Waals surface area (Å²) in [6.45, 7) is 5.70. The van der Waals surface area contributed by atoms with Gasteiger partial charge in [0.1, 0.15) is 0 Å². The maximum Gasteiger partial charge on any atom is 0.241 e. The van der Waals surface area contributed by atoms with Gasteiger partial charge in [0.25, 0.3) is 0 Å². The van der Waals surface area contributed by atoms with Crippen molar-refractivity contribution in [3.8, 4) is 11.4 Å². The first-order valence-electron chi connectivity index (χ1n) is 14.0. The predicted molar refractivity (Wildman–Crippen MR) is 158 cm³/mol. The molecular formula is C32H34BrN5O2. The van der Waals surface area contributed by atoms with Crippen molar-refractivity contribution in [3.63, 3.8) is 0 Å². The van der Waals surface area contributed by atoms with Gasteiger partial charge in [-0.1, -0.05) is 69.6 Å². The molecule has 0 aliphatic carbocycles. The van der Waals surface area contributed by atoms with Crippen LogP contribution in [-0.4, -0.2) is 45.5 Å². The van der Waals surface area contributed by atoms with E-state index in [0.717, 1.165) is 61.0 Å². The zero-order chi connectivity index (χ0) is 27.3. The Balaban J connectivity index is 0.993. The molecule has 1 unspecified atom stereocenters. The monoisotopic (exact) mass is 599 g/mol. The van der Waals surface area contributed by atoms with Gasteiger partial charge in [-0.2, -0.15) is 4.98 Å². The molecule has 1 aromatic heterocycles. The van der Waals surface area contributed by atoms with E-state index in [-0.39, 0.29) is 11.8 Å². The molecule has 1 amide bonds. The summed E-state index contributed by atoms with van der Waals surface area (Å²) >= 11 is 3.45. The third-order valence-electron chi connectivity index (χ3n) is 7.88. The van der Waals surface area contributed by atoms with Gasteiger partial charge < -0.3 is 9.84 Å². The minimum Gasteiger partial charge on any atom is -0.352 e. The first-order chi connectivity index (χ1) is 19.6. The highest BCUT2D eigenvalue weighted by Crippen LogP contribution is 2.23. The maximum absolute atomic E-state index is 13.1. The van der Waals surface area contributed by atoms with E-state index < -0.39 is 0 Å². The largest absolute Gasteiger partial charge is 0.352 e. The van der Waals surface area contributed by atoms with Crippen LogP contribution >= 0.6 is 15.9 Å². The standard InChI is InChI=1S/C32H34BrN5O2/c33-29-12-10-26(11-13-29)31-35-30(40-36-31)22-37-15-4-9-28(21-37)32(39)34-18-23-5-3-6-24(17-23)19-38-16-14-25-7-1-2-8-27(25)20-38/h1-3,5-8,10-13,17,28H,4,9,14-16,18-22H2,(H,34,39). The molecule has 206 valence electrons. The van der Waals surface area contributed by atoms with Crippen molar-refractivity contribution in [2.45, 2.75) is 45.4 Å². The number of nitrogens with one attached hydrogen (secondary N) is 1. The third-order valence-corrected chi connectivity index (χ3v) is 8.41. The molecule has 0 bridgehead atoms. The van der Waals surface area contributed by atoms with Crippen LogP contribution in [0.3, 0.4) is 0 Å². The molecule has 8 heteroatoms. The molecule has 0 saturated carbocycles. The summed E-state index contributed by atoms with van der Waals surface area (Å²) in [6.07, 6.45) is 2.97. The van der Waals surface area contributed by atoms with Gasteiger partial charge in [-0.3, -0.25) is 14.6 Å². The molecule has 1 saturated heterocycles. The lowest BCUT2D eigenvalue weighted by Crippen LogP contribution is -2.42. The van der Waals surface area contributed by atoms with Crippen molar-refractivity contribution < 1.29 is 9.32 Å². The van der Waals surface area contributed by atoms with Crippen LogP contribution in [-0.2, 0) is 37.4 Å². The number of carbonyl (C=O) groups is 1. The molecule has 2 aliphatic rings. The van der Waals surface area contributed by atoms with Crippen LogP contribution in [0.2, 0.25) is 0 Å². The summed E-state index contributed by atoms with van der Waals surface area (Å²) in [4.78, 5) is 22.4. The second-order valence-corrected chi connectivity index (χ2v) is 11.8. The molecule has 6 rings (SSSR count). The Labute approximate surface area is 243 Å². The van der Waals surface area contributed by atoms with Gasteiger partial charge in [0, 0.05) is 42.8 Å². The third kappa shape index (κ3) is 6.69. The fourth-order valence-electron chi connectivity index (χ4n) is 5.76. The second-order valence-electron chi connectivity index (χ2n) is 10.9. The van der Waals surface area contributed by atoms with E-state index in [1.807, 2.05) is 24.3 Å². The SMILES string of the molecule is O=C(NCc1cccc(CN2CCc3ccccc3C2)c1)C1CCCN(Cc2nc(-c3ccc(Br)cc3)no2)C1. The summed E-state index contributed by atoms with van der Waals surface area (Å²) in [7, 11) is 0. The second kappa shape index (κ2) is 12.5. The first kappa shape index (κ1) is 26.9. The van der Waals surface area contributed by atoms with Crippen molar-refractivity contribution in [1.29, 1.82) is 0 Å². The number of hydrogen-bond donors (Lipinski definition) is 1. The molecular weight excluding hydrogens is 566 g/mol. The molecule has 1 N–H and O–H groups in total. The molecule has 4 aromatic rings. The van der Waals surface area contributed by atoms with E-state index in [9.17, 15) is 4.79 Å². The highest BCUT2D eigenvalue weighted by atomic mass is 79.9. The molecule has 1 atom stereocenters. The number of halogens is 1. The molecule has 0 radical (unpaired) electrons. The minimum absolute atomic E-state index is 0.0424. The van der Waals surface area contributed by atoms with Crippen LogP contribution in [0.4, 0.5) is 0 Å². The zero-order valence-electron chi connectivity index (χ0n) is 22.6. The molecule has 7 nitrogen and oxygen atoms in total. The Morgan fingerprint density at radius 1 is 0.950 bits per heavy atom. The average Bonchev–Trinajstić information content (AvgIpc) is 3.45. The fourth-order valence-corrected chi connectivity index (χ4v) is 6.02. The van der Waals surface area contributed by atoms with Gasteiger partial charge in [0.2, 0.25) is 17.6 Å². The van der Waals surface area contributed by atoms with Crippen molar-refractivity contribution in [3.05, 3.63) is 105 Å². The van der Waals surface area contributed by atoms with E-state index in [4.69, 9.17) is 4.52 Å². The molecule has 3 aromatic carbocycles. The number of likely N-dealkylation sites (tertiary alicyclic amines) is 1. The lowest BCUT2D eigenvalue weighted by Gasteiger charge is -2.31. The van der Waals surface area contributed by atoms with Gasteiger partial charge in [0.15, 0.2) is 0 Å². The molecule has 2 aliphatic heterocycles. The summed E-state index contributed by atoms with van der Waals surface area (Å²) in [5.74, 6) is 1.23. The number of fused-ring (bicyclic) bond motifs is 1. The van der Waals surface area contributed by atoms with E-state index >= 15 is 0 Å². The van der Waals surface area contributed by atoms with Crippen LogP contribution < -0.4 is 5.32 Å². The number of amides is 1. The van der Waals surface area contributed by atoms with E-state index in [1.54, 1.807) is 0 Å². The Bertz CT molecular complexity index is 1450. The van der Waals surface area contributed by atoms with Crippen molar-refractivity contribution in [2.24, 2.45) is 5.92 Å². The van der Waals surface area contributed by atoms with Crippen LogP contribution in [0.15, 0.2) is 81.8 Å². The van der Waals surface area contributed by atoms with Crippen LogP contribution in [0.25, 0.3) is 11.4 Å². The average molecular weight is 601 g/mol. The van der Waals surface area contributed by atoms with Crippen LogP contribution in [0.1, 0.15) is 41.0 Å². The molecule has 40 heavy (non-hydrogen) atoms. The number of rotatable bonds is 8. The molecule has 1 fully saturated rings. The summed E-state index contributed by atoms with van der Waals surface area (Å²) in [5, 5.41) is 7.33. The van der Waals surface area contributed by atoms with Crippen molar-refractivity contribution in [1.82, 2.24) is 25.3 Å². The number of nitrogens with zero attached hydrogens (tertiary/aromatic N) is 4. The van der Waals surface area contributed by atoms with E-state index in [1.165, 1.54) is 16.7 Å². The summed E-state index contributed by atoms with van der Waals surface area (Å²) < 4.78 is 6.53. The van der Waals surface area contributed by atoms with E-state index in [2.05, 4.69) is 89.7 Å². The van der Waals surface area contributed by atoms with E-state index in [0.29, 0.717) is 31.3 Å². The molecule has 0 spiro atoms. The van der Waals surface area contributed by atoms with Gasteiger partial charge in [-0.25, -0.2) is 0 Å². The fraction of sp³-hybridized carbons (Fsp3) is 0.344. The number of aromatic nitrogens is 2. The number of hydrogen-bond acceptors (Lipinski definition) is 6. The zero-order valence-corrected chi connectivity index (χ0v) is 24.1. The Morgan fingerprint density at radius 3 is 2.65 bits per heavy atom.